The predicted octanol–water partition coefficient (Wildman–Crippen LogP) is 2.78. The first-order valence-electron chi connectivity index (χ1n) is 5.57. The number of hydrogen-bond donors (Lipinski definition) is 1. The number of benzene rings is 1. The van der Waals surface area contributed by atoms with E-state index in [1.807, 2.05) is 13.8 Å². The Balaban J connectivity index is 2.75. The number of non-ortho nitro benzene ring substituents is 1. The Labute approximate surface area is 119 Å². The summed E-state index contributed by atoms with van der Waals surface area (Å²) in [6.07, 6.45) is 0. The van der Waals surface area contributed by atoms with Crippen molar-refractivity contribution in [3.63, 3.8) is 0 Å². The second-order valence-electron chi connectivity index (χ2n) is 4.28. The van der Waals surface area contributed by atoms with Crippen LogP contribution in [0.4, 0.5) is 5.69 Å². The number of alkyl halides is 1. The van der Waals surface area contributed by atoms with Crippen molar-refractivity contribution in [2.45, 2.75) is 19.9 Å². The minimum Gasteiger partial charge on any atom is -0.348 e. The highest BCUT2D eigenvalue weighted by molar-refractivity contribution is 14.1. The molecule has 0 saturated heterocycles. The maximum atomic E-state index is 11.9. The van der Waals surface area contributed by atoms with Crippen LogP contribution in [0, 0.1) is 16.0 Å². The Morgan fingerprint density at radius 3 is 2.33 bits per heavy atom. The zero-order valence-electron chi connectivity index (χ0n) is 10.2. The fourth-order valence-electron chi connectivity index (χ4n) is 1.37. The van der Waals surface area contributed by atoms with Crippen molar-refractivity contribution < 1.29 is 9.72 Å². The normalized spacial score (nSPS) is 12.2. The lowest BCUT2D eigenvalue weighted by Crippen LogP contribution is -2.39. The molecule has 1 aromatic rings. The maximum Gasteiger partial charge on any atom is 0.269 e. The predicted molar refractivity (Wildman–Crippen MR) is 78.1 cm³/mol. The fraction of sp³-hybridized carbons (Fsp3) is 0.417. The van der Waals surface area contributed by atoms with Gasteiger partial charge in [0.25, 0.3) is 11.6 Å². The monoisotopic (exact) mass is 362 g/mol. The molecule has 1 N–H and O–H groups in total. The Bertz CT molecular complexity index is 431. The number of nitrogens with one attached hydrogen (secondary N) is 1. The largest absolute Gasteiger partial charge is 0.348 e. The number of amides is 1. The van der Waals surface area contributed by atoms with E-state index in [9.17, 15) is 14.9 Å². The Hall–Kier alpha value is -1.18. The Kier molecular flexibility index (Phi) is 5.52. The second kappa shape index (κ2) is 6.67. The van der Waals surface area contributed by atoms with Gasteiger partial charge < -0.3 is 5.32 Å². The number of nitro groups is 1. The molecule has 98 valence electrons. The lowest BCUT2D eigenvalue weighted by molar-refractivity contribution is -0.384. The van der Waals surface area contributed by atoms with Crippen molar-refractivity contribution >= 4 is 34.2 Å². The van der Waals surface area contributed by atoms with Crippen LogP contribution in [0.5, 0.6) is 0 Å². The van der Waals surface area contributed by atoms with Crippen LogP contribution in [0.2, 0.25) is 0 Å². The first-order chi connectivity index (χ1) is 8.45. The van der Waals surface area contributed by atoms with Crippen LogP contribution in [-0.2, 0) is 0 Å². The molecule has 0 saturated carbocycles. The number of nitro benzene ring substituents is 1. The van der Waals surface area contributed by atoms with Gasteiger partial charge in [0.05, 0.1) is 4.92 Å². The molecule has 0 aromatic heterocycles. The summed E-state index contributed by atoms with van der Waals surface area (Å²) < 4.78 is 0.828. The van der Waals surface area contributed by atoms with Crippen LogP contribution in [-0.4, -0.2) is 21.3 Å². The summed E-state index contributed by atoms with van der Waals surface area (Å²) in [4.78, 5) is 21.9. The number of hydrogen-bond acceptors (Lipinski definition) is 3. The molecule has 0 spiro atoms. The van der Waals surface area contributed by atoms with Gasteiger partial charge >= 0.3 is 0 Å². The van der Waals surface area contributed by atoms with Crippen molar-refractivity contribution in [3.8, 4) is 0 Å². The number of nitrogens with zero attached hydrogens (tertiary/aromatic N) is 1. The molecule has 0 fully saturated rings. The molecule has 18 heavy (non-hydrogen) atoms. The van der Waals surface area contributed by atoms with E-state index in [0.717, 1.165) is 4.43 Å². The van der Waals surface area contributed by atoms with E-state index in [1.165, 1.54) is 24.3 Å². The molecule has 1 atom stereocenters. The Morgan fingerprint density at radius 1 is 1.39 bits per heavy atom. The molecule has 1 aromatic carbocycles. The van der Waals surface area contributed by atoms with Crippen LogP contribution in [0.1, 0.15) is 24.2 Å². The van der Waals surface area contributed by atoms with Gasteiger partial charge in [-0.3, -0.25) is 14.9 Å². The zero-order valence-corrected chi connectivity index (χ0v) is 12.4. The van der Waals surface area contributed by atoms with E-state index in [1.54, 1.807) is 0 Å². The van der Waals surface area contributed by atoms with Crippen molar-refractivity contribution in [2.24, 2.45) is 5.92 Å². The first-order valence-corrected chi connectivity index (χ1v) is 7.09. The van der Waals surface area contributed by atoms with Crippen LogP contribution < -0.4 is 5.32 Å². The van der Waals surface area contributed by atoms with Gasteiger partial charge in [-0.05, 0) is 18.1 Å². The minimum atomic E-state index is -0.483. The summed E-state index contributed by atoms with van der Waals surface area (Å²) in [7, 11) is 0. The van der Waals surface area contributed by atoms with Gasteiger partial charge in [0.1, 0.15) is 0 Å². The van der Waals surface area contributed by atoms with Crippen molar-refractivity contribution in [3.05, 3.63) is 39.9 Å². The molecule has 0 aliphatic rings. The fourth-order valence-corrected chi connectivity index (χ4v) is 2.61. The second-order valence-corrected chi connectivity index (χ2v) is 5.16. The summed E-state index contributed by atoms with van der Waals surface area (Å²) in [5.41, 5.74) is 0.428. The van der Waals surface area contributed by atoms with Gasteiger partial charge in [-0.1, -0.05) is 36.4 Å². The van der Waals surface area contributed by atoms with Gasteiger partial charge in [0.15, 0.2) is 0 Å². The third-order valence-corrected chi connectivity index (χ3v) is 3.58. The molecule has 6 heteroatoms. The van der Waals surface area contributed by atoms with Crippen molar-refractivity contribution in [1.29, 1.82) is 0 Å². The van der Waals surface area contributed by atoms with E-state index in [0.29, 0.717) is 11.5 Å². The molecule has 0 aliphatic carbocycles. The standard InChI is InChI=1S/C12H15IN2O3/c1-8(2)11(7-13)14-12(16)9-3-5-10(6-4-9)15(17)18/h3-6,8,11H,7H2,1-2H3,(H,14,16). The Morgan fingerprint density at radius 2 is 1.94 bits per heavy atom. The van der Waals surface area contributed by atoms with Crippen LogP contribution in [0.25, 0.3) is 0 Å². The average Bonchev–Trinajstić information content (AvgIpc) is 2.35. The molecule has 0 bridgehead atoms. The van der Waals surface area contributed by atoms with Crippen molar-refractivity contribution in [1.82, 2.24) is 5.32 Å². The van der Waals surface area contributed by atoms with E-state index >= 15 is 0 Å². The van der Waals surface area contributed by atoms with Gasteiger partial charge in [0.2, 0.25) is 0 Å². The smallest absolute Gasteiger partial charge is 0.269 e. The third kappa shape index (κ3) is 3.94. The summed E-state index contributed by atoms with van der Waals surface area (Å²) in [6.45, 7) is 4.08. The number of rotatable bonds is 5. The van der Waals surface area contributed by atoms with E-state index in [2.05, 4.69) is 27.9 Å². The highest BCUT2D eigenvalue weighted by atomic mass is 127. The zero-order chi connectivity index (χ0) is 13.7. The van der Waals surface area contributed by atoms with Crippen LogP contribution in [0.3, 0.4) is 0 Å². The van der Waals surface area contributed by atoms with E-state index in [-0.39, 0.29) is 17.6 Å². The van der Waals surface area contributed by atoms with Crippen LogP contribution >= 0.6 is 22.6 Å². The van der Waals surface area contributed by atoms with Gasteiger partial charge in [0, 0.05) is 28.2 Å². The summed E-state index contributed by atoms with van der Waals surface area (Å²) in [6, 6.07) is 5.72. The molecular weight excluding hydrogens is 347 g/mol. The van der Waals surface area contributed by atoms with E-state index in [4.69, 9.17) is 0 Å². The summed E-state index contributed by atoms with van der Waals surface area (Å²) in [5.74, 6) is 0.157. The van der Waals surface area contributed by atoms with Gasteiger partial charge in [-0.2, -0.15) is 0 Å². The number of carbonyl (C=O) groups is 1. The third-order valence-electron chi connectivity index (χ3n) is 2.63. The highest BCUT2D eigenvalue weighted by Gasteiger charge is 2.16. The SMILES string of the molecule is CC(C)C(CI)NC(=O)c1ccc([N+](=O)[O-])cc1. The molecule has 1 rings (SSSR count). The lowest BCUT2D eigenvalue weighted by atomic mass is 10.1. The number of halogens is 1. The first kappa shape index (κ1) is 14.9. The topological polar surface area (TPSA) is 72.2 Å². The molecule has 0 heterocycles. The average molecular weight is 362 g/mol. The summed E-state index contributed by atoms with van der Waals surface area (Å²) >= 11 is 2.23. The molecule has 0 aliphatic heterocycles. The maximum absolute atomic E-state index is 11.9. The lowest BCUT2D eigenvalue weighted by Gasteiger charge is -2.19. The van der Waals surface area contributed by atoms with E-state index < -0.39 is 4.92 Å². The van der Waals surface area contributed by atoms with Crippen LogP contribution in [0.15, 0.2) is 24.3 Å². The quantitative estimate of drug-likeness (QED) is 0.379. The molecule has 5 nitrogen and oxygen atoms in total. The summed E-state index contributed by atoms with van der Waals surface area (Å²) in [5, 5.41) is 13.4. The molecule has 0 radical (unpaired) electrons. The highest BCUT2D eigenvalue weighted by Crippen LogP contribution is 2.13. The van der Waals surface area contributed by atoms with Crippen molar-refractivity contribution in [2.75, 3.05) is 4.43 Å². The molecular formula is C12H15IN2O3. The minimum absolute atomic E-state index is 0.0131. The molecule has 1 unspecified atom stereocenters. The van der Waals surface area contributed by atoms with Gasteiger partial charge in [-0.25, -0.2) is 0 Å². The molecule has 1 amide bonds. The number of carbonyl (C=O) groups excluding carboxylic acids is 1. The van der Waals surface area contributed by atoms with Gasteiger partial charge in [-0.15, -0.1) is 0 Å².